The number of carbonyl (C=O) groups excluding carboxylic acids is 2. The molecule has 2 aromatic rings. The Hall–Kier alpha value is -4.06. The van der Waals surface area contributed by atoms with Gasteiger partial charge in [0.05, 0.1) is 29.5 Å². The van der Waals surface area contributed by atoms with Crippen molar-refractivity contribution in [2.24, 2.45) is 45.5 Å². The molecule has 3 aliphatic rings. The lowest BCUT2D eigenvalue weighted by atomic mass is 9.75. The second-order valence-corrected chi connectivity index (χ2v) is 18.4. The summed E-state index contributed by atoms with van der Waals surface area (Å²) in [5.41, 5.74) is 0.0717. The fourth-order valence-corrected chi connectivity index (χ4v) is 9.10. The van der Waals surface area contributed by atoms with Crippen LogP contribution in [0.1, 0.15) is 117 Å². The standard InChI is InChI=1S/C47H68N4O7/c1-26(2)25-51-22-20-47(21-23-51)49-38-36-35-34(52)19-14-13-17-28(4)31(7)32(8)43(58-46(10,11)56)30(6)24-27(3)16-15-18-29(5)45(55)48-40(39(38)50-47)42(54)37(36)41(53)33(9)44(35)57-12/h13-16,18,26-28,30-32,43,53-54,56H,17,19-25H2,1-12H3,(H,48,55)/b14-13+,16-15+,29-18-/t27?,28-,30-,31?,32+,43?/m1/s1. The molecule has 11 nitrogen and oxygen atoms in total. The number of hydrogen-bond acceptors (Lipinski definition) is 10. The number of ketones is 1. The van der Waals surface area contributed by atoms with Gasteiger partial charge in [0.15, 0.2) is 23.0 Å². The molecule has 3 unspecified atom stereocenters. The second kappa shape index (κ2) is 18.1. The van der Waals surface area contributed by atoms with Crippen molar-refractivity contribution in [3.05, 3.63) is 57.8 Å². The first kappa shape index (κ1) is 45.0. The first-order valence-electron chi connectivity index (χ1n) is 21.2. The average molecular weight is 801 g/mol. The van der Waals surface area contributed by atoms with E-state index in [9.17, 15) is 24.9 Å². The van der Waals surface area contributed by atoms with Crippen molar-refractivity contribution in [1.82, 2.24) is 4.90 Å². The number of methoxy groups -OCH3 is 1. The number of aliphatic hydroxyl groups is 1. The molecule has 1 saturated heterocycles. The number of ether oxygens (including phenoxy) is 2. The van der Waals surface area contributed by atoms with Gasteiger partial charge in [0, 0.05) is 55.4 Å². The molecule has 0 saturated carbocycles. The maximum absolute atomic E-state index is 14.5. The van der Waals surface area contributed by atoms with Gasteiger partial charge in [-0.15, -0.1) is 0 Å². The Balaban J connectivity index is 1.69. The Bertz CT molecular complexity index is 2090. The van der Waals surface area contributed by atoms with Crippen LogP contribution in [-0.2, 0) is 9.53 Å². The van der Waals surface area contributed by atoms with E-state index >= 15 is 0 Å². The Morgan fingerprint density at radius 1 is 0.948 bits per heavy atom. The quantitative estimate of drug-likeness (QED) is 0.135. The zero-order chi connectivity index (χ0) is 42.9. The SMILES string of the molecule is COc1c(C)c(O)c2c(O)c3c4c(c2c1C(=O)C/C=C/C[C@@H](C)C(C)[C@H](C)C(OC(C)(C)O)[C@H](C)CC(C)/C=C/C=C(/C)C(=O)N3)=NC1(CCN(CC(C)C)CC1)N=4. The predicted molar refractivity (Wildman–Crippen MR) is 230 cm³/mol. The molecule has 2 aromatic carbocycles. The summed E-state index contributed by atoms with van der Waals surface area (Å²) in [4.78, 5) is 41.3. The molecular formula is C47H68N4O7. The van der Waals surface area contributed by atoms with E-state index in [2.05, 4.69) is 64.8 Å². The number of rotatable bonds is 5. The summed E-state index contributed by atoms with van der Waals surface area (Å²) in [5, 5.41) is 38.5. The number of carbonyl (C=O) groups is 2. The lowest BCUT2D eigenvalue weighted by molar-refractivity contribution is -0.232. The highest BCUT2D eigenvalue weighted by atomic mass is 16.6. The van der Waals surface area contributed by atoms with E-state index in [0.717, 1.165) is 32.5 Å². The van der Waals surface area contributed by atoms with Gasteiger partial charge in [0.2, 0.25) is 0 Å². The molecule has 0 aliphatic carbocycles. The zero-order valence-corrected chi connectivity index (χ0v) is 36.9. The van der Waals surface area contributed by atoms with Crippen LogP contribution in [0.4, 0.5) is 5.69 Å². The van der Waals surface area contributed by atoms with Crippen molar-refractivity contribution < 1.29 is 34.4 Å². The summed E-state index contributed by atoms with van der Waals surface area (Å²) in [6, 6.07) is 0. The van der Waals surface area contributed by atoms with Gasteiger partial charge in [-0.05, 0) is 76.0 Å². The Morgan fingerprint density at radius 2 is 1.60 bits per heavy atom. The third kappa shape index (κ3) is 9.69. The number of phenols is 2. The number of likely N-dealkylation sites (tertiary alicyclic amines) is 1. The number of nitrogens with one attached hydrogen (secondary N) is 1. The maximum Gasteiger partial charge on any atom is 0.251 e. The Labute approximate surface area is 345 Å². The smallest absolute Gasteiger partial charge is 0.251 e. The molecule has 3 aliphatic heterocycles. The van der Waals surface area contributed by atoms with Gasteiger partial charge >= 0.3 is 0 Å². The van der Waals surface area contributed by atoms with Crippen LogP contribution >= 0.6 is 0 Å². The molecule has 11 heteroatoms. The molecule has 318 valence electrons. The minimum absolute atomic E-state index is 0.0232. The Morgan fingerprint density at radius 3 is 2.22 bits per heavy atom. The molecule has 3 heterocycles. The van der Waals surface area contributed by atoms with E-state index in [1.54, 1.807) is 33.8 Å². The minimum Gasteiger partial charge on any atom is -0.507 e. The second-order valence-electron chi connectivity index (χ2n) is 18.4. The minimum atomic E-state index is -1.30. The van der Waals surface area contributed by atoms with Gasteiger partial charge in [-0.1, -0.05) is 78.8 Å². The van der Waals surface area contributed by atoms with E-state index < -0.39 is 17.4 Å². The number of anilines is 1. The lowest BCUT2D eigenvalue weighted by Crippen LogP contribution is -2.43. The number of piperidine rings is 1. The highest BCUT2D eigenvalue weighted by Crippen LogP contribution is 2.45. The zero-order valence-electron chi connectivity index (χ0n) is 36.9. The van der Waals surface area contributed by atoms with Gasteiger partial charge in [-0.2, -0.15) is 0 Å². The highest BCUT2D eigenvalue weighted by Gasteiger charge is 2.39. The number of aromatic hydroxyl groups is 2. The van der Waals surface area contributed by atoms with Gasteiger partial charge < -0.3 is 35.0 Å². The van der Waals surface area contributed by atoms with E-state index in [4.69, 9.17) is 19.5 Å². The summed E-state index contributed by atoms with van der Waals surface area (Å²) in [6.45, 7) is 24.5. The third-order valence-corrected chi connectivity index (χ3v) is 12.6. The largest absolute Gasteiger partial charge is 0.507 e. The number of hydrogen-bond donors (Lipinski definition) is 4. The summed E-state index contributed by atoms with van der Waals surface area (Å²) < 4.78 is 12.2. The summed E-state index contributed by atoms with van der Waals surface area (Å²) in [5.74, 6) is -1.10. The van der Waals surface area contributed by atoms with Crippen LogP contribution in [0.2, 0.25) is 0 Å². The first-order chi connectivity index (χ1) is 27.2. The van der Waals surface area contributed by atoms with Crippen molar-refractivity contribution in [3.8, 4) is 17.2 Å². The monoisotopic (exact) mass is 801 g/mol. The molecule has 1 amide bonds. The summed E-state index contributed by atoms with van der Waals surface area (Å²) in [7, 11) is 1.46. The molecular weight excluding hydrogens is 733 g/mol. The lowest BCUT2D eigenvalue weighted by Gasteiger charge is -2.39. The first-order valence-corrected chi connectivity index (χ1v) is 21.2. The molecule has 0 radical (unpaired) electrons. The third-order valence-electron chi connectivity index (χ3n) is 12.6. The molecule has 58 heavy (non-hydrogen) atoms. The number of amides is 1. The molecule has 4 N–H and O–H groups in total. The van der Waals surface area contributed by atoms with Gasteiger partial charge in [-0.25, -0.2) is 0 Å². The maximum atomic E-state index is 14.5. The Kier molecular flexibility index (Phi) is 14.0. The van der Waals surface area contributed by atoms with Crippen molar-refractivity contribution >= 4 is 28.2 Å². The van der Waals surface area contributed by atoms with Crippen LogP contribution in [0, 0.1) is 42.4 Å². The molecule has 6 atom stereocenters. The van der Waals surface area contributed by atoms with E-state index in [-0.39, 0.29) is 98.1 Å². The predicted octanol–water partition coefficient (Wildman–Crippen LogP) is 7.93. The number of allylic oxidation sites excluding steroid dienone is 5. The van der Waals surface area contributed by atoms with Crippen LogP contribution in [0.25, 0.3) is 10.8 Å². The fourth-order valence-electron chi connectivity index (χ4n) is 9.10. The van der Waals surface area contributed by atoms with Gasteiger partial charge in [0.25, 0.3) is 5.91 Å². The van der Waals surface area contributed by atoms with Crippen molar-refractivity contribution in [2.45, 2.75) is 126 Å². The number of phenolic OH excluding ortho intramolecular Hbond substituents is 2. The van der Waals surface area contributed by atoms with Gasteiger partial charge in [0.1, 0.15) is 22.5 Å². The molecule has 5 rings (SSSR count). The number of Topliss-reactive ketones (excluding diaryl/α,β-unsaturated/α-hetero) is 1. The van der Waals surface area contributed by atoms with Crippen LogP contribution < -0.4 is 20.8 Å². The van der Waals surface area contributed by atoms with Crippen molar-refractivity contribution in [2.75, 3.05) is 32.1 Å². The number of benzene rings is 2. The van der Waals surface area contributed by atoms with E-state index in [1.807, 2.05) is 18.2 Å². The summed E-state index contributed by atoms with van der Waals surface area (Å²) in [6.07, 6.45) is 12.2. The van der Waals surface area contributed by atoms with Crippen LogP contribution in [0.5, 0.6) is 17.2 Å². The van der Waals surface area contributed by atoms with Crippen LogP contribution in [-0.4, -0.2) is 76.2 Å². The van der Waals surface area contributed by atoms with Crippen LogP contribution in [0.15, 0.2) is 45.9 Å². The molecule has 1 spiro atoms. The van der Waals surface area contributed by atoms with E-state index in [0.29, 0.717) is 29.7 Å². The van der Waals surface area contributed by atoms with Gasteiger partial charge in [-0.3, -0.25) is 19.6 Å². The molecule has 2 bridgehead atoms. The summed E-state index contributed by atoms with van der Waals surface area (Å²) >= 11 is 0. The number of nitrogens with zero attached hydrogens (tertiary/aromatic N) is 3. The molecule has 0 aromatic heterocycles. The normalized spacial score (nSPS) is 28.5. The van der Waals surface area contributed by atoms with Crippen molar-refractivity contribution in [3.63, 3.8) is 0 Å². The van der Waals surface area contributed by atoms with E-state index in [1.165, 1.54) is 7.11 Å². The molecule has 1 fully saturated rings. The topological polar surface area (TPSA) is 153 Å². The highest BCUT2D eigenvalue weighted by molar-refractivity contribution is 6.16. The average Bonchev–Trinajstić information content (AvgIpc) is 3.52. The van der Waals surface area contributed by atoms with Crippen molar-refractivity contribution in [1.29, 1.82) is 0 Å². The fraction of sp³-hybridized carbons (Fsp3) is 0.617. The van der Waals surface area contributed by atoms with Crippen LogP contribution in [0.3, 0.4) is 0 Å².